The molecular formula is C21H41FN2OY. The van der Waals surface area contributed by atoms with E-state index in [1.165, 1.54) is 17.7 Å². The molecule has 0 bridgehead atoms. The number of carbonyl (C=O) groups is 1. The van der Waals surface area contributed by atoms with Gasteiger partial charge in [0.2, 0.25) is 5.91 Å². The van der Waals surface area contributed by atoms with Gasteiger partial charge >= 0.3 is 0 Å². The Bertz CT molecular complexity index is 464. The van der Waals surface area contributed by atoms with Crippen LogP contribution in [0.5, 0.6) is 0 Å². The second kappa shape index (κ2) is 16.8. The summed E-state index contributed by atoms with van der Waals surface area (Å²) in [5, 5.41) is 2.71. The number of rotatable bonds is 3. The Morgan fingerprint density at radius 2 is 1.62 bits per heavy atom. The van der Waals surface area contributed by atoms with Crippen molar-refractivity contribution in [1.29, 1.82) is 0 Å². The van der Waals surface area contributed by atoms with E-state index in [1.807, 2.05) is 12.1 Å². The first-order chi connectivity index (χ1) is 10.4. The summed E-state index contributed by atoms with van der Waals surface area (Å²) >= 11 is 0. The van der Waals surface area contributed by atoms with Crippen LogP contribution in [0.4, 0.5) is 4.39 Å². The van der Waals surface area contributed by atoms with Gasteiger partial charge in [-0.2, -0.15) is 0 Å². The molecule has 1 fully saturated rings. The average molecular weight is 445 g/mol. The van der Waals surface area contributed by atoms with Crippen molar-refractivity contribution in [3.63, 3.8) is 0 Å². The van der Waals surface area contributed by atoms with Crippen LogP contribution < -0.4 is 5.32 Å². The van der Waals surface area contributed by atoms with Gasteiger partial charge in [-0.3, -0.25) is 9.69 Å². The number of hydrogen-bond acceptors (Lipinski definition) is 2. The van der Waals surface area contributed by atoms with Crippen LogP contribution in [0.25, 0.3) is 0 Å². The number of halogens is 1. The van der Waals surface area contributed by atoms with Crippen LogP contribution in [0.3, 0.4) is 0 Å². The summed E-state index contributed by atoms with van der Waals surface area (Å²) in [6.45, 7) is 9.53. The molecule has 151 valence electrons. The van der Waals surface area contributed by atoms with E-state index >= 15 is 0 Å². The van der Waals surface area contributed by atoms with Gasteiger partial charge in [-0.25, -0.2) is 4.39 Å². The molecule has 0 spiro atoms. The van der Waals surface area contributed by atoms with Gasteiger partial charge in [-0.15, -0.1) is 0 Å². The Kier molecular flexibility index (Phi) is 21.5. The molecule has 0 aromatic heterocycles. The third-order valence-electron chi connectivity index (χ3n) is 4.04. The van der Waals surface area contributed by atoms with Gasteiger partial charge in [0.25, 0.3) is 0 Å². The van der Waals surface area contributed by atoms with Crippen molar-refractivity contribution in [3.05, 3.63) is 35.6 Å². The number of nitrogens with zero attached hydrogens (tertiary/aromatic N) is 1. The molecule has 1 aliphatic rings. The van der Waals surface area contributed by atoms with Crippen molar-refractivity contribution in [2.75, 3.05) is 13.6 Å². The van der Waals surface area contributed by atoms with Crippen LogP contribution in [0.15, 0.2) is 24.3 Å². The molecule has 1 N–H and O–H groups in total. The number of amides is 1. The van der Waals surface area contributed by atoms with Gasteiger partial charge in [-0.1, -0.05) is 48.3 Å². The predicted molar refractivity (Wildman–Crippen MR) is 110 cm³/mol. The van der Waals surface area contributed by atoms with Crippen molar-refractivity contribution in [3.8, 4) is 0 Å². The van der Waals surface area contributed by atoms with Gasteiger partial charge in [0.15, 0.2) is 0 Å². The number of benzene rings is 1. The summed E-state index contributed by atoms with van der Waals surface area (Å²) in [4.78, 5) is 13.6. The third kappa shape index (κ3) is 10.7. The fourth-order valence-corrected chi connectivity index (χ4v) is 2.70. The summed E-state index contributed by atoms with van der Waals surface area (Å²) in [5.74, 6) is 0.492. The number of hydrogen-bond donors (Lipinski definition) is 1. The molecule has 0 aliphatic carbocycles. The van der Waals surface area contributed by atoms with E-state index in [0.717, 1.165) is 19.4 Å². The molecule has 1 heterocycles. The molecule has 2 rings (SSSR count). The first-order valence-corrected chi connectivity index (χ1v) is 8.09. The molecule has 1 saturated heterocycles. The molecule has 1 unspecified atom stereocenters. The van der Waals surface area contributed by atoms with Gasteiger partial charge in [-0.05, 0) is 56.8 Å². The summed E-state index contributed by atoms with van der Waals surface area (Å²) in [6.07, 6.45) is 2.16. The number of nitrogens with one attached hydrogen (secondary N) is 1. The predicted octanol–water partition coefficient (Wildman–Crippen LogP) is 5.46. The molecule has 1 aliphatic heterocycles. The average Bonchev–Trinajstić information content (AvgIpc) is 2.97. The number of likely N-dealkylation sites (tertiary alicyclic amines) is 1. The molecular weight excluding hydrogens is 404 g/mol. The number of carbonyl (C=O) groups excluding carboxylic acids is 1. The first-order valence-electron chi connectivity index (χ1n) is 8.09. The molecule has 1 radical (unpaired) electrons. The fraction of sp³-hybridized carbons (Fsp3) is 0.667. The van der Waals surface area contributed by atoms with Gasteiger partial charge in [0.1, 0.15) is 5.82 Å². The van der Waals surface area contributed by atoms with E-state index in [1.54, 1.807) is 7.05 Å². The minimum Gasteiger partial charge on any atom is -0.358 e. The number of likely N-dealkylation sites (N-methyl/N-ethyl adjacent to an activating group) is 1. The minimum absolute atomic E-state index is 0. The maximum atomic E-state index is 12.4. The quantitative estimate of drug-likeness (QED) is 0.670. The molecule has 1 aromatic rings. The van der Waals surface area contributed by atoms with Crippen LogP contribution in [0.2, 0.25) is 0 Å². The van der Waals surface area contributed by atoms with Crippen LogP contribution in [0, 0.1) is 5.82 Å². The van der Waals surface area contributed by atoms with Crippen LogP contribution in [-0.4, -0.2) is 36.5 Å². The van der Waals surface area contributed by atoms with Gasteiger partial charge in [0.05, 0.1) is 6.04 Å². The van der Waals surface area contributed by atoms with E-state index in [9.17, 15) is 9.18 Å². The van der Waals surface area contributed by atoms with Gasteiger partial charge in [0, 0.05) is 45.8 Å². The van der Waals surface area contributed by atoms with Crippen LogP contribution in [0.1, 0.15) is 74.3 Å². The second-order valence-corrected chi connectivity index (χ2v) is 6.31. The van der Waals surface area contributed by atoms with E-state index in [-0.39, 0.29) is 72.8 Å². The van der Waals surface area contributed by atoms with Crippen LogP contribution in [-0.2, 0) is 37.5 Å². The Morgan fingerprint density at radius 1 is 1.12 bits per heavy atom. The third-order valence-corrected chi connectivity index (χ3v) is 4.04. The maximum absolute atomic E-state index is 12.4. The van der Waals surface area contributed by atoms with E-state index in [0.29, 0.717) is 12.0 Å². The Balaban J connectivity index is -0.000000163. The zero-order valence-electron chi connectivity index (χ0n) is 15.0. The van der Waals surface area contributed by atoms with E-state index in [2.05, 4.69) is 37.9 Å². The summed E-state index contributed by atoms with van der Waals surface area (Å²) in [7, 11) is 1.71. The fourth-order valence-electron chi connectivity index (χ4n) is 2.70. The van der Waals surface area contributed by atoms with Gasteiger partial charge < -0.3 is 5.32 Å². The largest absolute Gasteiger partial charge is 0.358 e. The molecule has 5 heteroatoms. The molecule has 1 atom stereocenters. The van der Waals surface area contributed by atoms with Crippen molar-refractivity contribution < 1.29 is 41.9 Å². The molecule has 3 nitrogen and oxygen atoms in total. The smallest absolute Gasteiger partial charge is 0.237 e. The normalized spacial score (nSPS) is 15.5. The Morgan fingerprint density at radius 3 is 2.00 bits per heavy atom. The van der Waals surface area contributed by atoms with Crippen molar-refractivity contribution in [2.24, 2.45) is 0 Å². The zero-order chi connectivity index (χ0) is 16.7. The van der Waals surface area contributed by atoms with E-state index in [4.69, 9.17) is 0 Å². The Hall–Kier alpha value is -0.316. The SMILES string of the molecule is C.C.C.CC(C)c1ccc(F)cc1.CNC(=O)C1CCCN1C(C)C.[Y]. The standard InChI is InChI=1S/C9H11F.C9H18N2O.3CH4.Y/c1-7(2)8-3-5-9(10)6-4-8;1-7(2)11-6-4-5-8(11)9(12)10-3;;;;/h3-7H,1-2H3;7-8H,4-6H2,1-3H3,(H,10,12);3*1H4;. The van der Waals surface area contributed by atoms with Crippen molar-refractivity contribution in [2.45, 2.75) is 80.8 Å². The molecule has 1 aromatic carbocycles. The zero-order valence-corrected chi connectivity index (χ0v) is 17.8. The monoisotopic (exact) mass is 445 g/mol. The summed E-state index contributed by atoms with van der Waals surface area (Å²) in [5.41, 5.74) is 1.18. The van der Waals surface area contributed by atoms with E-state index < -0.39 is 0 Å². The topological polar surface area (TPSA) is 32.3 Å². The molecule has 1 amide bonds. The first kappa shape index (κ1) is 33.3. The van der Waals surface area contributed by atoms with Crippen molar-refractivity contribution in [1.82, 2.24) is 10.2 Å². The maximum Gasteiger partial charge on any atom is 0.237 e. The minimum atomic E-state index is -0.163. The summed E-state index contributed by atoms with van der Waals surface area (Å²) in [6, 6.07) is 7.23. The van der Waals surface area contributed by atoms with Crippen molar-refractivity contribution >= 4 is 5.91 Å². The second-order valence-electron chi connectivity index (χ2n) is 6.31. The Labute approximate surface area is 187 Å². The molecule has 26 heavy (non-hydrogen) atoms. The van der Waals surface area contributed by atoms with Crippen LogP contribution >= 0.6 is 0 Å². The summed E-state index contributed by atoms with van der Waals surface area (Å²) < 4.78 is 12.4. The molecule has 0 saturated carbocycles.